The molecular weight excluding hydrogens is 311 g/mol. The van der Waals surface area contributed by atoms with Crippen molar-refractivity contribution in [2.45, 2.75) is 18.5 Å². The van der Waals surface area contributed by atoms with Gasteiger partial charge >= 0.3 is 6.18 Å². The summed E-state index contributed by atoms with van der Waals surface area (Å²) >= 11 is 0. The predicted molar refractivity (Wildman–Crippen MR) is 87.6 cm³/mol. The number of hydrogen-bond acceptors (Lipinski definition) is 1. The Hall–Kier alpha value is -2.62. The monoisotopic (exact) mass is 325 g/mol. The normalized spacial score (nSPS) is 19.0. The minimum Gasteiger partial charge on any atom is -0.256 e. The second kappa shape index (κ2) is 4.94. The summed E-state index contributed by atoms with van der Waals surface area (Å²) in [5, 5.41) is 0. The van der Waals surface area contributed by atoms with E-state index in [9.17, 15) is 13.2 Å². The number of alkyl halides is 3. The average molecular weight is 325 g/mol. The molecule has 2 aromatic carbocycles. The van der Waals surface area contributed by atoms with Gasteiger partial charge in [-0.15, -0.1) is 0 Å². The van der Waals surface area contributed by atoms with Gasteiger partial charge in [0.05, 0.1) is 5.69 Å². The van der Waals surface area contributed by atoms with Crippen LogP contribution in [0.5, 0.6) is 0 Å². The van der Waals surface area contributed by atoms with E-state index in [4.69, 9.17) is 0 Å². The van der Waals surface area contributed by atoms with E-state index in [0.717, 1.165) is 0 Å². The van der Waals surface area contributed by atoms with Gasteiger partial charge in [-0.1, -0.05) is 42.5 Å². The van der Waals surface area contributed by atoms with Crippen molar-refractivity contribution in [1.82, 2.24) is 4.98 Å². The summed E-state index contributed by atoms with van der Waals surface area (Å²) in [5.74, 6) is 0. The lowest BCUT2D eigenvalue weighted by Gasteiger charge is -2.30. The van der Waals surface area contributed by atoms with Crippen LogP contribution in [0.3, 0.4) is 0 Å². The standard InChI is InChI=1S/C20H14F3N/c1-19(20(21,22)23)16-7-3-2-6-14(16)15-10-9-13(12-17(15)19)18-8-4-5-11-24-18/h2-12H,1H3. The molecule has 0 radical (unpaired) electrons. The maximum Gasteiger partial charge on any atom is 0.402 e. The Morgan fingerprint density at radius 2 is 1.54 bits per heavy atom. The van der Waals surface area contributed by atoms with Crippen molar-refractivity contribution in [2.24, 2.45) is 0 Å². The molecule has 0 fully saturated rings. The van der Waals surface area contributed by atoms with Crippen molar-refractivity contribution in [3.63, 3.8) is 0 Å². The van der Waals surface area contributed by atoms with Crippen LogP contribution in [0.15, 0.2) is 66.9 Å². The van der Waals surface area contributed by atoms with E-state index in [2.05, 4.69) is 4.98 Å². The van der Waals surface area contributed by atoms with Gasteiger partial charge in [0.2, 0.25) is 0 Å². The molecular formula is C20H14F3N. The van der Waals surface area contributed by atoms with Gasteiger partial charge in [0, 0.05) is 11.8 Å². The lowest BCUT2D eigenvalue weighted by atomic mass is 9.79. The highest BCUT2D eigenvalue weighted by Crippen LogP contribution is 2.56. The zero-order chi connectivity index (χ0) is 16.9. The number of hydrogen-bond donors (Lipinski definition) is 0. The topological polar surface area (TPSA) is 12.9 Å². The minimum atomic E-state index is -4.38. The molecule has 1 aromatic heterocycles. The number of pyridine rings is 1. The fraction of sp³-hybridized carbons (Fsp3) is 0.150. The van der Waals surface area contributed by atoms with Gasteiger partial charge in [-0.3, -0.25) is 4.98 Å². The molecule has 120 valence electrons. The Balaban J connectivity index is 2.00. The molecule has 1 aliphatic rings. The molecule has 3 aromatic rings. The fourth-order valence-electron chi connectivity index (χ4n) is 3.49. The summed E-state index contributed by atoms with van der Waals surface area (Å²) in [6.07, 6.45) is -2.74. The van der Waals surface area contributed by atoms with Crippen LogP contribution in [0, 0.1) is 0 Å². The number of fused-ring (bicyclic) bond motifs is 3. The summed E-state index contributed by atoms with van der Waals surface area (Å²) in [6, 6.07) is 17.4. The molecule has 1 unspecified atom stereocenters. The molecule has 0 saturated carbocycles. The van der Waals surface area contributed by atoms with Crippen LogP contribution >= 0.6 is 0 Å². The van der Waals surface area contributed by atoms with Crippen LogP contribution in [0.1, 0.15) is 18.1 Å². The molecule has 0 saturated heterocycles. The molecule has 0 amide bonds. The summed E-state index contributed by atoms with van der Waals surface area (Å²) in [7, 11) is 0. The molecule has 1 aliphatic carbocycles. The van der Waals surface area contributed by atoms with Crippen molar-refractivity contribution < 1.29 is 13.2 Å². The molecule has 4 rings (SSSR count). The molecule has 1 heterocycles. The summed E-state index contributed by atoms with van der Waals surface area (Å²) in [6.45, 7) is 1.26. The second-order valence-corrected chi connectivity index (χ2v) is 6.14. The molecule has 0 bridgehead atoms. The first-order valence-corrected chi connectivity index (χ1v) is 7.65. The number of aromatic nitrogens is 1. The number of halogens is 3. The van der Waals surface area contributed by atoms with Crippen molar-refractivity contribution in [1.29, 1.82) is 0 Å². The van der Waals surface area contributed by atoms with Crippen LogP contribution in [-0.4, -0.2) is 11.2 Å². The van der Waals surface area contributed by atoms with Gasteiger partial charge in [0.15, 0.2) is 0 Å². The Labute approximate surface area is 137 Å². The average Bonchev–Trinajstić information content (AvgIpc) is 2.86. The summed E-state index contributed by atoms with van der Waals surface area (Å²) < 4.78 is 42.1. The lowest BCUT2D eigenvalue weighted by Crippen LogP contribution is -2.38. The maximum atomic E-state index is 14.0. The van der Waals surface area contributed by atoms with E-state index in [0.29, 0.717) is 33.5 Å². The van der Waals surface area contributed by atoms with Gasteiger partial charge < -0.3 is 0 Å². The van der Waals surface area contributed by atoms with Crippen LogP contribution in [0.4, 0.5) is 13.2 Å². The lowest BCUT2D eigenvalue weighted by molar-refractivity contribution is -0.172. The van der Waals surface area contributed by atoms with E-state index in [1.54, 1.807) is 54.7 Å². The molecule has 0 spiro atoms. The Kier molecular flexibility index (Phi) is 3.07. The quantitative estimate of drug-likeness (QED) is 0.568. The number of nitrogens with zero attached hydrogens (tertiary/aromatic N) is 1. The van der Waals surface area contributed by atoms with E-state index < -0.39 is 11.6 Å². The van der Waals surface area contributed by atoms with Crippen LogP contribution in [0.2, 0.25) is 0 Å². The number of rotatable bonds is 1. The molecule has 4 heteroatoms. The predicted octanol–water partition coefficient (Wildman–Crippen LogP) is 5.60. The molecule has 1 nitrogen and oxygen atoms in total. The number of benzene rings is 2. The van der Waals surface area contributed by atoms with Gasteiger partial charge in [0.25, 0.3) is 0 Å². The Morgan fingerprint density at radius 3 is 2.25 bits per heavy atom. The summed E-state index contributed by atoms with van der Waals surface area (Å²) in [4.78, 5) is 4.25. The first kappa shape index (κ1) is 14.9. The third-order valence-corrected chi connectivity index (χ3v) is 4.84. The highest BCUT2D eigenvalue weighted by Gasteiger charge is 2.58. The van der Waals surface area contributed by atoms with Gasteiger partial charge in [0.1, 0.15) is 5.41 Å². The van der Waals surface area contributed by atoms with Crippen molar-refractivity contribution in [3.05, 3.63) is 78.0 Å². The van der Waals surface area contributed by atoms with E-state index in [1.807, 2.05) is 12.1 Å². The Bertz CT molecular complexity index is 916. The van der Waals surface area contributed by atoms with E-state index in [-0.39, 0.29) is 0 Å². The van der Waals surface area contributed by atoms with Gasteiger partial charge in [-0.05, 0) is 47.4 Å². The second-order valence-electron chi connectivity index (χ2n) is 6.14. The fourth-order valence-corrected chi connectivity index (χ4v) is 3.49. The first-order chi connectivity index (χ1) is 11.4. The largest absolute Gasteiger partial charge is 0.402 e. The van der Waals surface area contributed by atoms with E-state index in [1.165, 1.54) is 6.92 Å². The molecule has 0 N–H and O–H groups in total. The first-order valence-electron chi connectivity index (χ1n) is 7.65. The summed E-state index contributed by atoms with van der Waals surface area (Å²) in [5.41, 5.74) is 1.25. The minimum absolute atomic E-state index is 0.291. The van der Waals surface area contributed by atoms with Crippen molar-refractivity contribution >= 4 is 0 Å². The molecule has 1 atom stereocenters. The SMILES string of the molecule is CC1(C(F)(F)F)c2ccccc2-c2ccc(-c3ccccn3)cc21. The van der Waals surface area contributed by atoms with Crippen molar-refractivity contribution in [2.75, 3.05) is 0 Å². The van der Waals surface area contributed by atoms with Gasteiger partial charge in [-0.25, -0.2) is 0 Å². The Morgan fingerprint density at radius 1 is 0.833 bits per heavy atom. The molecule has 0 aliphatic heterocycles. The third-order valence-electron chi connectivity index (χ3n) is 4.84. The highest BCUT2D eigenvalue weighted by molar-refractivity contribution is 5.83. The van der Waals surface area contributed by atoms with Crippen LogP contribution < -0.4 is 0 Å². The van der Waals surface area contributed by atoms with Gasteiger partial charge in [-0.2, -0.15) is 13.2 Å². The molecule has 24 heavy (non-hydrogen) atoms. The highest BCUT2D eigenvalue weighted by atomic mass is 19.4. The maximum absolute atomic E-state index is 14.0. The zero-order valence-corrected chi connectivity index (χ0v) is 12.9. The zero-order valence-electron chi connectivity index (χ0n) is 12.9. The van der Waals surface area contributed by atoms with Crippen molar-refractivity contribution in [3.8, 4) is 22.4 Å². The third kappa shape index (κ3) is 1.92. The van der Waals surface area contributed by atoms with E-state index >= 15 is 0 Å². The smallest absolute Gasteiger partial charge is 0.256 e. The van der Waals surface area contributed by atoms with Crippen LogP contribution in [-0.2, 0) is 5.41 Å². The van der Waals surface area contributed by atoms with Crippen LogP contribution in [0.25, 0.3) is 22.4 Å².